The zero-order chi connectivity index (χ0) is 25.0. The summed E-state index contributed by atoms with van der Waals surface area (Å²) in [5.74, 6) is -1.83. The van der Waals surface area contributed by atoms with Crippen molar-refractivity contribution in [1.82, 2.24) is 4.57 Å². The van der Waals surface area contributed by atoms with Gasteiger partial charge in [0.1, 0.15) is 17.1 Å². The molecular formula is C26H17Cl2N3O4S. The fourth-order valence-corrected chi connectivity index (χ4v) is 6.27. The van der Waals surface area contributed by atoms with Crippen LogP contribution >= 0.6 is 34.5 Å². The first kappa shape index (κ1) is 23.0. The highest BCUT2D eigenvalue weighted by Gasteiger charge is 2.61. The maximum atomic E-state index is 13.8. The summed E-state index contributed by atoms with van der Waals surface area (Å²) in [6, 6.07) is 23.8. The topological polar surface area (TPSA) is 71.8 Å². The van der Waals surface area contributed by atoms with Gasteiger partial charge in [-0.05, 0) is 48.5 Å². The minimum atomic E-state index is -1.07. The normalized spacial score (nSPS) is 21.3. The van der Waals surface area contributed by atoms with Gasteiger partial charge in [-0.2, -0.15) is 0 Å². The van der Waals surface area contributed by atoms with Gasteiger partial charge in [0.2, 0.25) is 5.91 Å². The van der Waals surface area contributed by atoms with Crippen LogP contribution in [0, 0.1) is 5.92 Å². The van der Waals surface area contributed by atoms with E-state index in [-0.39, 0.29) is 10.0 Å². The second-order valence-corrected chi connectivity index (χ2v) is 10.1. The molecule has 7 nitrogen and oxygen atoms in total. The molecule has 2 fully saturated rings. The van der Waals surface area contributed by atoms with Gasteiger partial charge in [0.25, 0.3) is 5.91 Å². The number of amides is 2. The van der Waals surface area contributed by atoms with Crippen LogP contribution in [0.3, 0.4) is 0 Å². The van der Waals surface area contributed by atoms with E-state index in [2.05, 4.69) is 0 Å². The molecule has 3 heterocycles. The summed E-state index contributed by atoms with van der Waals surface area (Å²) in [7, 11) is 0. The van der Waals surface area contributed by atoms with E-state index in [1.165, 1.54) is 9.63 Å². The lowest BCUT2D eigenvalue weighted by molar-refractivity contribution is -0.126. The van der Waals surface area contributed by atoms with Gasteiger partial charge in [-0.15, -0.1) is 0 Å². The molecule has 4 aromatic rings. The smallest absolute Gasteiger partial charge is 0.273 e. The van der Waals surface area contributed by atoms with E-state index in [9.17, 15) is 14.4 Å². The van der Waals surface area contributed by atoms with Crippen LogP contribution < -0.4 is 14.8 Å². The van der Waals surface area contributed by atoms with Crippen LogP contribution in [0.25, 0.3) is 5.69 Å². The molecule has 2 saturated heterocycles. The highest BCUT2D eigenvalue weighted by atomic mass is 35.5. The summed E-state index contributed by atoms with van der Waals surface area (Å²) < 4.78 is 1.40. The molecule has 0 radical (unpaired) electrons. The molecule has 36 heavy (non-hydrogen) atoms. The molecule has 2 aliphatic rings. The van der Waals surface area contributed by atoms with Gasteiger partial charge in [0, 0.05) is 5.02 Å². The van der Waals surface area contributed by atoms with E-state index in [1.54, 1.807) is 36.4 Å². The van der Waals surface area contributed by atoms with Gasteiger partial charge in [0.05, 0.1) is 21.9 Å². The third-order valence-electron chi connectivity index (χ3n) is 6.27. The number of hydrogen-bond donors (Lipinski definition) is 0. The Balaban J connectivity index is 1.48. The van der Waals surface area contributed by atoms with Crippen molar-refractivity contribution >= 4 is 57.7 Å². The van der Waals surface area contributed by atoms with E-state index in [4.69, 9.17) is 28.0 Å². The van der Waals surface area contributed by atoms with E-state index in [0.29, 0.717) is 27.0 Å². The first-order valence-electron chi connectivity index (χ1n) is 11.1. The number of thiazole rings is 1. The summed E-state index contributed by atoms with van der Waals surface area (Å²) in [5, 5.41) is 2.19. The number of nitrogens with zero attached hydrogens (tertiary/aromatic N) is 3. The molecule has 3 atom stereocenters. The van der Waals surface area contributed by atoms with Crippen LogP contribution in [0.2, 0.25) is 10.2 Å². The lowest BCUT2D eigenvalue weighted by Gasteiger charge is -2.28. The molecule has 0 spiro atoms. The lowest BCUT2D eigenvalue weighted by atomic mass is 9.95. The molecule has 2 aliphatic heterocycles. The molecule has 3 unspecified atom stereocenters. The van der Waals surface area contributed by atoms with Gasteiger partial charge in [-0.3, -0.25) is 23.8 Å². The Morgan fingerprint density at radius 3 is 1.97 bits per heavy atom. The fourth-order valence-electron chi connectivity index (χ4n) is 4.67. The molecular weight excluding hydrogens is 521 g/mol. The minimum Gasteiger partial charge on any atom is -0.273 e. The molecule has 10 heteroatoms. The number of anilines is 2. The Labute approximate surface area is 219 Å². The first-order chi connectivity index (χ1) is 17.5. The van der Waals surface area contributed by atoms with Crippen molar-refractivity contribution in [2.24, 2.45) is 5.92 Å². The molecule has 3 aromatic carbocycles. The van der Waals surface area contributed by atoms with Crippen molar-refractivity contribution in [3.8, 4) is 5.69 Å². The zero-order valence-corrected chi connectivity index (χ0v) is 20.8. The van der Waals surface area contributed by atoms with Crippen LogP contribution in [-0.2, 0) is 14.4 Å². The highest BCUT2D eigenvalue weighted by Crippen LogP contribution is 2.50. The summed E-state index contributed by atoms with van der Waals surface area (Å²) in [4.78, 5) is 47.7. The highest BCUT2D eigenvalue weighted by molar-refractivity contribution is 7.10. The number of benzene rings is 3. The second-order valence-electron chi connectivity index (χ2n) is 8.34. The third-order valence-corrected chi connectivity index (χ3v) is 8.02. The van der Waals surface area contributed by atoms with Crippen molar-refractivity contribution in [3.05, 3.63) is 110 Å². The van der Waals surface area contributed by atoms with E-state index >= 15 is 0 Å². The quantitative estimate of drug-likeness (QED) is 0.332. The van der Waals surface area contributed by atoms with E-state index in [1.807, 2.05) is 48.5 Å². The minimum absolute atomic E-state index is 0.177. The van der Waals surface area contributed by atoms with Crippen LogP contribution in [0.1, 0.15) is 10.9 Å². The zero-order valence-electron chi connectivity index (χ0n) is 18.5. The molecule has 0 saturated carbocycles. The molecule has 6 rings (SSSR count). The number of para-hydroxylation sites is 2. The molecule has 180 valence electrons. The van der Waals surface area contributed by atoms with Gasteiger partial charge >= 0.3 is 4.87 Å². The van der Waals surface area contributed by atoms with Gasteiger partial charge in [-0.25, -0.2) is 9.96 Å². The Hall–Kier alpha value is -3.43. The second kappa shape index (κ2) is 8.90. The Kier molecular flexibility index (Phi) is 5.69. The largest absolute Gasteiger partial charge is 0.313 e. The summed E-state index contributed by atoms with van der Waals surface area (Å²) >= 11 is 13.7. The summed E-state index contributed by atoms with van der Waals surface area (Å²) in [6.07, 6.45) is -1.07. The average molecular weight is 538 g/mol. The number of hydroxylamine groups is 1. The van der Waals surface area contributed by atoms with Crippen LogP contribution in [-0.4, -0.2) is 22.5 Å². The van der Waals surface area contributed by atoms with Gasteiger partial charge in [-0.1, -0.05) is 70.9 Å². The number of aromatic nitrogens is 1. The molecule has 0 N–H and O–H groups in total. The molecule has 0 aliphatic carbocycles. The maximum absolute atomic E-state index is 13.8. The number of rotatable bonds is 4. The number of fused-ring (bicyclic) bond motifs is 1. The van der Waals surface area contributed by atoms with Crippen molar-refractivity contribution in [3.63, 3.8) is 0 Å². The van der Waals surface area contributed by atoms with Crippen molar-refractivity contribution in [2.45, 2.75) is 12.1 Å². The number of carbonyl (C=O) groups excluding carboxylic acids is 2. The lowest BCUT2D eigenvalue weighted by Crippen LogP contribution is -2.37. The van der Waals surface area contributed by atoms with Gasteiger partial charge in [0.15, 0.2) is 6.10 Å². The number of hydrogen-bond acceptors (Lipinski definition) is 6. The Morgan fingerprint density at radius 1 is 0.722 bits per heavy atom. The van der Waals surface area contributed by atoms with Crippen molar-refractivity contribution in [1.29, 1.82) is 0 Å². The molecule has 1 aromatic heterocycles. The SMILES string of the molecule is O=C1C2ON(c3ccccc3)C(c3sc(=O)n(-c4ccccc4)c3Cl)C2C(=O)N1c1ccc(Cl)cc1. The predicted molar refractivity (Wildman–Crippen MR) is 139 cm³/mol. The first-order valence-corrected chi connectivity index (χ1v) is 12.6. The van der Waals surface area contributed by atoms with E-state index in [0.717, 1.165) is 16.2 Å². The summed E-state index contributed by atoms with van der Waals surface area (Å²) in [6.45, 7) is 0. The van der Waals surface area contributed by atoms with Crippen LogP contribution in [0.4, 0.5) is 11.4 Å². The molecule has 0 bridgehead atoms. The summed E-state index contributed by atoms with van der Waals surface area (Å²) in [5.41, 5.74) is 1.64. The van der Waals surface area contributed by atoms with E-state index < -0.39 is 29.9 Å². The third kappa shape index (κ3) is 3.57. The number of carbonyl (C=O) groups is 2. The monoisotopic (exact) mass is 537 g/mol. The maximum Gasteiger partial charge on any atom is 0.313 e. The average Bonchev–Trinajstić information content (AvgIpc) is 3.50. The van der Waals surface area contributed by atoms with Crippen LogP contribution in [0.5, 0.6) is 0 Å². The Bertz CT molecular complexity index is 1520. The number of halogens is 2. The standard InChI is InChI=1S/C26H17Cl2N3O4S/c27-15-11-13-17(14-12-15)30-24(32)19-20(31(35-21(19)25(30)33)18-9-5-2-6-10-18)22-23(28)29(26(34)36-22)16-7-3-1-4-8-16/h1-14,19-21H. The van der Waals surface area contributed by atoms with Crippen molar-refractivity contribution in [2.75, 3.05) is 9.96 Å². The molecule has 2 amide bonds. The van der Waals surface area contributed by atoms with Gasteiger partial charge < -0.3 is 0 Å². The number of imide groups is 1. The van der Waals surface area contributed by atoms with Crippen LogP contribution in [0.15, 0.2) is 89.7 Å². The van der Waals surface area contributed by atoms with Crippen molar-refractivity contribution < 1.29 is 14.4 Å². The Morgan fingerprint density at radius 2 is 1.33 bits per heavy atom. The predicted octanol–water partition coefficient (Wildman–Crippen LogP) is 5.26. The fraction of sp³-hybridized carbons (Fsp3) is 0.115.